The molecular weight excluding hydrogens is 354 g/mol. The van der Waals surface area contributed by atoms with Crippen molar-refractivity contribution in [3.8, 4) is 0 Å². The van der Waals surface area contributed by atoms with E-state index in [0.717, 1.165) is 37.4 Å². The van der Waals surface area contributed by atoms with Crippen molar-refractivity contribution in [1.82, 2.24) is 10.3 Å². The number of anilines is 3. The van der Waals surface area contributed by atoms with Gasteiger partial charge in [-0.3, -0.25) is 9.59 Å². The molecule has 0 unspecified atom stereocenters. The van der Waals surface area contributed by atoms with Gasteiger partial charge in [0.05, 0.1) is 0 Å². The number of rotatable bonds is 5. The van der Waals surface area contributed by atoms with Crippen LogP contribution in [0.4, 0.5) is 17.2 Å². The van der Waals surface area contributed by atoms with Gasteiger partial charge >= 0.3 is 11.8 Å². The summed E-state index contributed by atoms with van der Waals surface area (Å²) in [5, 5.41) is 5.40. The van der Waals surface area contributed by atoms with E-state index in [9.17, 15) is 9.59 Å². The molecule has 0 radical (unpaired) electrons. The van der Waals surface area contributed by atoms with Crippen LogP contribution in [0, 0.1) is 5.92 Å². The summed E-state index contributed by atoms with van der Waals surface area (Å²) in [4.78, 5) is 32.8. The highest BCUT2D eigenvalue weighted by Gasteiger charge is 2.22. The molecule has 0 aliphatic carbocycles. The molecule has 7 heteroatoms. The first-order valence-corrected chi connectivity index (χ1v) is 9.55. The van der Waals surface area contributed by atoms with Crippen LogP contribution in [0.3, 0.4) is 0 Å². The number of amides is 2. The summed E-state index contributed by atoms with van der Waals surface area (Å²) in [7, 11) is 3.89. The number of carbonyl (C=O) groups excluding carboxylic acids is 2. The van der Waals surface area contributed by atoms with E-state index in [1.807, 2.05) is 49.3 Å². The summed E-state index contributed by atoms with van der Waals surface area (Å²) in [5.41, 5.74) is 1.63. The van der Waals surface area contributed by atoms with Crippen LogP contribution in [0.5, 0.6) is 0 Å². The van der Waals surface area contributed by atoms with Crippen LogP contribution in [-0.2, 0) is 9.59 Å². The SMILES string of the molecule is CN(C)c1ccc(NC(=O)C(=O)NCC2CCN(c3ccccn3)CC2)cc1. The van der Waals surface area contributed by atoms with Gasteiger partial charge in [-0.05, 0) is 55.2 Å². The largest absolute Gasteiger partial charge is 0.378 e. The number of aromatic nitrogens is 1. The van der Waals surface area contributed by atoms with E-state index in [0.29, 0.717) is 18.2 Å². The first-order chi connectivity index (χ1) is 13.5. The van der Waals surface area contributed by atoms with Crippen LogP contribution in [-0.4, -0.2) is 50.5 Å². The topological polar surface area (TPSA) is 77.6 Å². The fourth-order valence-electron chi connectivity index (χ4n) is 3.26. The lowest BCUT2D eigenvalue weighted by molar-refractivity contribution is -0.136. The van der Waals surface area contributed by atoms with Crippen molar-refractivity contribution in [1.29, 1.82) is 0 Å². The zero-order valence-corrected chi connectivity index (χ0v) is 16.4. The third-order valence-corrected chi connectivity index (χ3v) is 4.99. The van der Waals surface area contributed by atoms with Gasteiger partial charge in [0.2, 0.25) is 0 Å². The molecule has 148 valence electrons. The molecule has 28 heavy (non-hydrogen) atoms. The molecule has 0 atom stereocenters. The molecule has 0 bridgehead atoms. The highest BCUT2D eigenvalue weighted by molar-refractivity contribution is 6.39. The molecule has 1 saturated heterocycles. The summed E-state index contributed by atoms with van der Waals surface area (Å²) in [6, 6.07) is 13.3. The minimum absolute atomic E-state index is 0.371. The summed E-state index contributed by atoms with van der Waals surface area (Å²) < 4.78 is 0. The number of nitrogens with zero attached hydrogens (tertiary/aromatic N) is 3. The van der Waals surface area contributed by atoms with Crippen LogP contribution >= 0.6 is 0 Å². The fourth-order valence-corrected chi connectivity index (χ4v) is 3.26. The molecule has 0 saturated carbocycles. The van der Waals surface area contributed by atoms with Crippen LogP contribution in [0.15, 0.2) is 48.7 Å². The van der Waals surface area contributed by atoms with Gasteiger partial charge in [-0.1, -0.05) is 6.07 Å². The Morgan fingerprint density at radius 3 is 2.39 bits per heavy atom. The molecule has 2 N–H and O–H groups in total. The molecular formula is C21H27N5O2. The lowest BCUT2D eigenvalue weighted by atomic mass is 9.97. The summed E-state index contributed by atoms with van der Waals surface area (Å²) in [6.07, 6.45) is 3.73. The van der Waals surface area contributed by atoms with E-state index in [2.05, 4.69) is 20.5 Å². The fraction of sp³-hybridized carbons (Fsp3) is 0.381. The minimum atomic E-state index is -0.636. The monoisotopic (exact) mass is 381 g/mol. The Hall–Kier alpha value is -3.09. The molecule has 1 aromatic carbocycles. The van der Waals surface area contributed by atoms with Crippen LogP contribution in [0.2, 0.25) is 0 Å². The maximum atomic E-state index is 12.1. The Balaban J connectivity index is 1.41. The average molecular weight is 381 g/mol. The van der Waals surface area contributed by atoms with Gasteiger partial charge in [0.1, 0.15) is 5.82 Å². The number of carbonyl (C=O) groups is 2. The van der Waals surface area contributed by atoms with Crippen molar-refractivity contribution in [2.45, 2.75) is 12.8 Å². The number of nitrogens with one attached hydrogen (secondary N) is 2. The van der Waals surface area contributed by atoms with Gasteiger partial charge in [0, 0.05) is 51.3 Å². The van der Waals surface area contributed by atoms with Crippen LogP contribution < -0.4 is 20.4 Å². The van der Waals surface area contributed by atoms with Crippen molar-refractivity contribution in [2.75, 3.05) is 48.8 Å². The highest BCUT2D eigenvalue weighted by atomic mass is 16.2. The van der Waals surface area contributed by atoms with Gasteiger partial charge in [-0.15, -0.1) is 0 Å². The lowest BCUT2D eigenvalue weighted by Gasteiger charge is -2.32. The van der Waals surface area contributed by atoms with Crippen LogP contribution in [0.1, 0.15) is 12.8 Å². The highest BCUT2D eigenvalue weighted by Crippen LogP contribution is 2.21. The number of piperidine rings is 1. The van der Waals surface area contributed by atoms with E-state index in [1.165, 1.54) is 0 Å². The molecule has 2 amide bonds. The second kappa shape index (κ2) is 9.21. The molecule has 2 aromatic rings. The molecule has 3 rings (SSSR count). The molecule has 1 fully saturated rings. The van der Waals surface area contributed by atoms with E-state index in [1.54, 1.807) is 18.3 Å². The van der Waals surface area contributed by atoms with Crippen molar-refractivity contribution in [2.24, 2.45) is 5.92 Å². The first kappa shape index (κ1) is 19.7. The maximum Gasteiger partial charge on any atom is 0.313 e. The molecule has 7 nitrogen and oxygen atoms in total. The normalized spacial score (nSPS) is 14.4. The first-order valence-electron chi connectivity index (χ1n) is 9.55. The number of hydrogen-bond acceptors (Lipinski definition) is 5. The summed E-state index contributed by atoms with van der Waals surface area (Å²) in [6.45, 7) is 2.33. The number of hydrogen-bond donors (Lipinski definition) is 2. The maximum absolute atomic E-state index is 12.1. The molecule has 1 aliphatic heterocycles. The lowest BCUT2D eigenvalue weighted by Crippen LogP contribution is -2.42. The molecule has 2 heterocycles. The predicted octanol–water partition coefficient (Wildman–Crippen LogP) is 2.12. The Kier molecular flexibility index (Phi) is 6.47. The van der Waals surface area contributed by atoms with Gasteiger partial charge in [0.25, 0.3) is 0 Å². The Bertz CT molecular complexity index is 784. The van der Waals surface area contributed by atoms with E-state index < -0.39 is 11.8 Å². The third kappa shape index (κ3) is 5.22. The summed E-state index contributed by atoms with van der Waals surface area (Å²) in [5.74, 6) is 0.133. The van der Waals surface area contributed by atoms with Gasteiger partial charge in [0.15, 0.2) is 0 Å². The predicted molar refractivity (Wildman–Crippen MR) is 112 cm³/mol. The zero-order valence-electron chi connectivity index (χ0n) is 16.4. The Labute approximate surface area is 165 Å². The number of benzene rings is 1. The van der Waals surface area contributed by atoms with Gasteiger partial charge in [-0.2, -0.15) is 0 Å². The molecule has 1 aliphatic rings. The molecule has 0 spiro atoms. The van der Waals surface area contributed by atoms with Crippen LogP contribution in [0.25, 0.3) is 0 Å². The standard InChI is InChI=1S/C21H27N5O2/c1-25(2)18-8-6-17(7-9-18)24-21(28)20(27)23-15-16-10-13-26(14-11-16)19-5-3-4-12-22-19/h3-9,12,16H,10-11,13-15H2,1-2H3,(H,23,27)(H,24,28). The van der Waals surface area contributed by atoms with Crippen molar-refractivity contribution >= 4 is 29.0 Å². The summed E-state index contributed by atoms with van der Waals surface area (Å²) >= 11 is 0. The van der Waals surface area contributed by atoms with E-state index in [4.69, 9.17) is 0 Å². The smallest absolute Gasteiger partial charge is 0.313 e. The van der Waals surface area contributed by atoms with Crippen molar-refractivity contribution in [3.63, 3.8) is 0 Å². The second-order valence-electron chi connectivity index (χ2n) is 7.22. The second-order valence-corrected chi connectivity index (χ2v) is 7.22. The van der Waals surface area contributed by atoms with Gasteiger partial charge in [-0.25, -0.2) is 4.98 Å². The zero-order chi connectivity index (χ0) is 19.9. The third-order valence-electron chi connectivity index (χ3n) is 4.99. The Morgan fingerprint density at radius 2 is 1.79 bits per heavy atom. The quantitative estimate of drug-likeness (QED) is 0.776. The Morgan fingerprint density at radius 1 is 1.07 bits per heavy atom. The van der Waals surface area contributed by atoms with E-state index >= 15 is 0 Å². The average Bonchev–Trinajstić information content (AvgIpc) is 2.73. The number of pyridine rings is 1. The minimum Gasteiger partial charge on any atom is -0.378 e. The molecule has 1 aromatic heterocycles. The van der Waals surface area contributed by atoms with E-state index in [-0.39, 0.29) is 0 Å². The van der Waals surface area contributed by atoms with Crippen molar-refractivity contribution in [3.05, 3.63) is 48.7 Å². The van der Waals surface area contributed by atoms with Crippen molar-refractivity contribution < 1.29 is 9.59 Å². The van der Waals surface area contributed by atoms with Gasteiger partial charge < -0.3 is 20.4 Å².